The van der Waals surface area contributed by atoms with Crippen molar-refractivity contribution in [1.29, 1.82) is 0 Å². The molecule has 0 aromatic rings. The first-order chi connectivity index (χ1) is 6.83. The van der Waals surface area contributed by atoms with Crippen LogP contribution in [0.5, 0.6) is 0 Å². The summed E-state index contributed by atoms with van der Waals surface area (Å²) >= 11 is 0. The SMILES string of the molecule is NCCNCCN.NCCNCCN.[Sb].[Se-2].[Se-2].[Se-2].[Se-2].[V+4]. The third-order valence-electron chi connectivity index (χ3n) is 1.28. The predicted octanol–water partition coefficient (Wildman–Crippen LogP) is -4.92. The van der Waals surface area contributed by atoms with Crippen LogP contribution in [0.15, 0.2) is 0 Å². The van der Waals surface area contributed by atoms with Gasteiger partial charge in [-0.2, -0.15) is 0 Å². The molecule has 0 rings (SSSR count). The third kappa shape index (κ3) is 68.9. The Bertz CT molecular complexity index is 87.4. The first-order valence-corrected chi connectivity index (χ1v) is 5.05. The van der Waals surface area contributed by atoms with Gasteiger partial charge in [0.25, 0.3) is 0 Å². The fraction of sp³-hybridized carbons (Fsp3) is 1.00. The molecule has 0 heterocycles. The number of rotatable bonds is 8. The van der Waals surface area contributed by atoms with Crippen molar-refractivity contribution in [3.63, 3.8) is 0 Å². The van der Waals surface area contributed by atoms with E-state index in [1.807, 2.05) is 0 Å². The predicted molar refractivity (Wildman–Crippen MR) is 90.7 cm³/mol. The van der Waals surface area contributed by atoms with Gasteiger partial charge in [-0.05, 0) is 0 Å². The van der Waals surface area contributed by atoms with Crippen LogP contribution in [0.25, 0.3) is 0 Å². The Balaban J connectivity index is -0.0000000185. The zero-order valence-electron chi connectivity index (χ0n) is 11.5. The Labute approximate surface area is 195 Å². The molecule has 0 aliphatic carbocycles. The van der Waals surface area contributed by atoms with Crippen LogP contribution in [0.4, 0.5) is 0 Å². The van der Waals surface area contributed by atoms with Crippen LogP contribution >= 0.6 is 0 Å². The molecule has 0 aromatic carbocycles. The van der Waals surface area contributed by atoms with Crippen LogP contribution in [0.2, 0.25) is 0 Å². The summed E-state index contributed by atoms with van der Waals surface area (Å²) in [6.07, 6.45) is 0. The first-order valence-electron chi connectivity index (χ1n) is 5.05. The van der Waals surface area contributed by atoms with E-state index in [1.54, 1.807) is 0 Å². The van der Waals surface area contributed by atoms with Crippen molar-refractivity contribution in [2.45, 2.75) is 0 Å². The van der Waals surface area contributed by atoms with E-state index in [9.17, 15) is 0 Å². The Morgan fingerprint density at radius 1 is 0.500 bits per heavy atom. The van der Waals surface area contributed by atoms with Crippen molar-refractivity contribution in [3.05, 3.63) is 0 Å². The first kappa shape index (κ1) is 49.5. The van der Waals surface area contributed by atoms with Crippen LogP contribution in [-0.4, -0.2) is 145 Å². The fourth-order valence-electron chi connectivity index (χ4n) is 0.658. The van der Waals surface area contributed by atoms with Crippen molar-refractivity contribution in [1.82, 2.24) is 10.6 Å². The molecule has 126 valence electrons. The van der Waals surface area contributed by atoms with Crippen LogP contribution in [0.1, 0.15) is 0 Å². The van der Waals surface area contributed by atoms with Crippen molar-refractivity contribution in [3.8, 4) is 0 Å². The average molecular weight is 695 g/mol. The average Bonchev–Trinajstić information content (AvgIpc) is 2.21. The summed E-state index contributed by atoms with van der Waals surface area (Å²) in [6, 6.07) is 0. The fourth-order valence-corrected chi connectivity index (χ4v) is 0.658. The summed E-state index contributed by atoms with van der Waals surface area (Å²) < 4.78 is 0. The van der Waals surface area contributed by atoms with Gasteiger partial charge in [-0.25, -0.2) is 0 Å². The minimum atomic E-state index is 0. The monoisotopic (exact) mass is 698 g/mol. The molecule has 0 aromatic heterocycles. The van der Waals surface area contributed by atoms with Gasteiger partial charge >= 0.3 is 18.6 Å². The van der Waals surface area contributed by atoms with E-state index >= 15 is 0 Å². The molecular formula is C8H26N6SbSe4V-4. The van der Waals surface area contributed by atoms with E-state index < -0.39 is 0 Å². The van der Waals surface area contributed by atoms with Crippen LogP contribution < -0.4 is 33.6 Å². The maximum absolute atomic E-state index is 5.17. The van der Waals surface area contributed by atoms with Crippen LogP contribution in [0.3, 0.4) is 0 Å². The summed E-state index contributed by atoms with van der Waals surface area (Å²) in [5.41, 5.74) is 20.7. The van der Waals surface area contributed by atoms with E-state index in [1.165, 1.54) is 0 Å². The number of hydrogen-bond acceptors (Lipinski definition) is 6. The molecule has 0 bridgehead atoms. The van der Waals surface area contributed by atoms with E-state index in [0.29, 0.717) is 26.2 Å². The van der Waals surface area contributed by atoms with E-state index in [0.717, 1.165) is 26.2 Å². The molecule has 4 radical (unpaired) electrons. The van der Waals surface area contributed by atoms with Gasteiger partial charge in [-0.1, -0.05) is 0 Å². The topological polar surface area (TPSA) is 128 Å². The molecule has 0 saturated heterocycles. The second-order valence-electron chi connectivity index (χ2n) is 2.65. The summed E-state index contributed by atoms with van der Waals surface area (Å²) in [4.78, 5) is 0. The number of nitrogens with two attached hydrogens (primary N) is 4. The normalized spacial score (nSPS) is 6.60. The smallest absolute Gasteiger partial charge is 2.00 e. The van der Waals surface area contributed by atoms with Crippen LogP contribution in [0, 0.1) is 0 Å². The molecule has 0 unspecified atom stereocenters. The van der Waals surface area contributed by atoms with Gasteiger partial charge in [0, 0.05) is 76.8 Å². The van der Waals surface area contributed by atoms with Gasteiger partial charge in [0.1, 0.15) is 0 Å². The maximum Gasteiger partial charge on any atom is 4.00 e. The van der Waals surface area contributed by atoms with Gasteiger partial charge in [0.2, 0.25) is 0 Å². The van der Waals surface area contributed by atoms with Crippen LogP contribution in [-0.2, 0) is 18.6 Å². The van der Waals surface area contributed by atoms with Gasteiger partial charge in [0.05, 0.1) is 0 Å². The van der Waals surface area contributed by atoms with Crippen molar-refractivity contribution in [2.75, 3.05) is 52.4 Å². The maximum atomic E-state index is 5.17. The van der Waals surface area contributed by atoms with Gasteiger partial charge < -0.3 is 102 Å². The minimum Gasteiger partial charge on any atom is -2.00 e. The standard InChI is InChI=1S/2C4H13N3.Sb.4Se.V/c2*5-1-3-7-4-2-6;;;;;;/h2*7H,1-6H2;;;;;;/q;;;4*-2;+4. The van der Waals surface area contributed by atoms with Crippen molar-refractivity contribution in [2.24, 2.45) is 22.9 Å². The van der Waals surface area contributed by atoms with Crippen molar-refractivity contribution >= 4 is 92.7 Å². The number of hydrogen-bond donors (Lipinski definition) is 6. The number of nitrogens with one attached hydrogen (secondary N) is 2. The Morgan fingerprint density at radius 2 is 0.650 bits per heavy atom. The Kier molecular flexibility index (Phi) is 142. The summed E-state index contributed by atoms with van der Waals surface area (Å²) in [6.45, 7) is 6.27. The molecule has 0 aliphatic heterocycles. The molecule has 10 N–H and O–H groups in total. The molecule has 6 nitrogen and oxygen atoms in total. The molecule has 12 heteroatoms. The van der Waals surface area contributed by atoms with E-state index in [4.69, 9.17) is 22.9 Å². The zero-order chi connectivity index (χ0) is 11.1. The molecule has 0 fully saturated rings. The summed E-state index contributed by atoms with van der Waals surface area (Å²) in [5, 5.41) is 6.07. The Morgan fingerprint density at radius 3 is 0.750 bits per heavy atom. The molecule has 20 heavy (non-hydrogen) atoms. The van der Waals surface area contributed by atoms with Gasteiger partial charge in [-0.3, -0.25) is 0 Å². The minimum absolute atomic E-state index is 0. The van der Waals surface area contributed by atoms with Gasteiger partial charge in [0.15, 0.2) is 0 Å². The molecule has 0 amide bonds. The van der Waals surface area contributed by atoms with E-state index in [-0.39, 0.29) is 111 Å². The molecular weight excluding hydrogens is 669 g/mol. The molecule has 0 saturated carbocycles. The quantitative estimate of drug-likeness (QED) is 0.112. The Hall–Kier alpha value is 3.24. The second kappa shape index (κ2) is 57.2. The largest absolute Gasteiger partial charge is 4.00 e. The van der Waals surface area contributed by atoms with E-state index in [2.05, 4.69) is 10.6 Å². The van der Waals surface area contributed by atoms with Gasteiger partial charge in [-0.15, -0.1) is 0 Å². The zero-order valence-corrected chi connectivity index (χ0v) is 22.3. The molecule has 0 aliphatic rings. The summed E-state index contributed by atoms with van der Waals surface area (Å²) in [5.74, 6) is 0. The molecule has 0 spiro atoms. The summed E-state index contributed by atoms with van der Waals surface area (Å²) in [7, 11) is 0. The van der Waals surface area contributed by atoms with Crippen molar-refractivity contribution < 1.29 is 18.6 Å². The third-order valence-corrected chi connectivity index (χ3v) is 1.28. The second-order valence-corrected chi connectivity index (χ2v) is 2.65. The molecule has 0 atom stereocenters.